The second kappa shape index (κ2) is 10.4. The minimum Gasteiger partial charge on any atom is -0.469 e. The summed E-state index contributed by atoms with van der Waals surface area (Å²) in [7, 11) is 1.51. The summed E-state index contributed by atoms with van der Waals surface area (Å²) in [6, 6.07) is 0. The molecule has 0 aliphatic carbocycles. The van der Waals surface area contributed by atoms with Gasteiger partial charge in [0.25, 0.3) is 0 Å². The summed E-state index contributed by atoms with van der Waals surface area (Å²) in [5, 5.41) is 0. The van der Waals surface area contributed by atoms with Gasteiger partial charge in [0.15, 0.2) is 0 Å². The van der Waals surface area contributed by atoms with Crippen molar-refractivity contribution in [1.29, 1.82) is 0 Å². The number of carbonyl (C=O) groups is 1. The van der Waals surface area contributed by atoms with Gasteiger partial charge in [0, 0.05) is 0 Å². The molecule has 0 atom stereocenters. The third-order valence-corrected chi connectivity index (χ3v) is 3.84. The molecular weight excluding hydrogens is 224 g/mol. The minimum atomic E-state index is -0.254. The van der Waals surface area contributed by atoms with Crippen molar-refractivity contribution in [3.63, 3.8) is 0 Å². The SMILES string of the molecule is CCCCCCC(C)(CCCCCC)C(=O)OC. The summed E-state index contributed by atoms with van der Waals surface area (Å²) < 4.78 is 4.99. The van der Waals surface area contributed by atoms with Crippen LogP contribution in [0.4, 0.5) is 0 Å². The molecule has 0 fully saturated rings. The van der Waals surface area contributed by atoms with E-state index in [1.54, 1.807) is 0 Å². The maximum absolute atomic E-state index is 11.9. The highest BCUT2D eigenvalue weighted by molar-refractivity contribution is 5.76. The predicted octanol–water partition coefficient (Wildman–Crippen LogP) is 5.11. The van der Waals surface area contributed by atoms with E-state index in [0.29, 0.717) is 0 Å². The van der Waals surface area contributed by atoms with Crippen LogP contribution in [0.15, 0.2) is 0 Å². The van der Waals surface area contributed by atoms with Gasteiger partial charge in [0.2, 0.25) is 0 Å². The van der Waals surface area contributed by atoms with Crippen LogP contribution in [0.2, 0.25) is 0 Å². The molecule has 18 heavy (non-hydrogen) atoms. The molecule has 0 spiro atoms. The Morgan fingerprint density at radius 2 is 1.33 bits per heavy atom. The average Bonchev–Trinajstić information content (AvgIpc) is 2.39. The second-order valence-electron chi connectivity index (χ2n) is 5.67. The van der Waals surface area contributed by atoms with Gasteiger partial charge >= 0.3 is 5.97 Å². The Hall–Kier alpha value is -0.530. The van der Waals surface area contributed by atoms with E-state index in [2.05, 4.69) is 20.8 Å². The fourth-order valence-electron chi connectivity index (χ4n) is 2.46. The molecule has 108 valence electrons. The highest BCUT2D eigenvalue weighted by atomic mass is 16.5. The van der Waals surface area contributed by atoms with Gasteiger partial charge in [-0.1, -0.05) is 65.2 Å². The molecule has 0 saturated heterocycles. The molecule has 0 saturated carbocycles. The number of carbonyl (C=O) groups excluding carboxylic acids is 1. The molecule has 0 unspecified atom stereocenters. The van der Waals surface area contributed by atoms with Gasteiger partial charge in [0.05, 0.1) is 12.5 Å². The van der Waals surface area contributed by atoms with Crippen molar-refractivity contribution in [3.05, 3.63) is 0 Å². The van der Waals surface area contributed by atoms with Crippen molar-refractivity contribution < 1.29 is 9.53 Å². The minimum absolute atomic E-state index is 0.0181. The van der Waals surface area contributed by atoms with Crippen LogP contribution in [0, 0.1) is 5.41 Å². The molecule has 0 aliphatic heterocycles. The van der Waals surface area contributed by atoms with Crippen LogP contribution >= 0.6 is 0 Å². The van der Waals surface area contributed by atoms with Gasteiger partial charge in [-0.15, -0.1) is 0 Å². The maximum atomic E-state index is 11.9. The van der Waals surface area contributed by atoms with Crippen molar-refractivity contribution in [2.45, 2.75) is 85.0 Å². The Morgan fingerprint density at radius 1 is 0.889 bits per heavy atom. The fourth-order valence-corrected chi connectivity index (χ4v) is 2.46. The van der Waals surface area contributed by atoms with Crippen molar-refractivity contribution in [3.8, 4) is 0 Å². The zero-order chi connectivity index (χ0) is 13.9. The van der Waals surface area contributed by atoms with E-state index in [-0.39, 0.29) is 11.4 Å². The van der Waals surface area contributed by atoms with Gasteiger partial charge in [-0.25, -0.2) is 0 Å². The number of ether oxygens (including phenoxy) is 1. The molecule has 0 aliphatic rings. The zero-order valence-corrected chi connectivity index (χ0v) is 12.9. The monoisotopic (exact) mass is 256 g/mol. The quantitative estimate of drug-likeness (QED) is 0.379. The van der Waals surface area contributed by atoms with Gasteiger partial charge in [-0.2, -0.15) is 0 Å². The first kappa shape index (κ1) is 17.5. The van der Waals surface area contributed by atoms with E-state index in [9.17, 15) is 4.79 Å². The molecule has 0 amide bonds. The molecule has 0 aromatic rings. The van der Waals surface area contributed by atoms with Crippen LogP contribution in [-0.2, 0) is 9.53 Å². The van der Waals surface area contributed by atoms with Gasteiger partial charge in [-0.3, -0.25) is 4.79 Å². The lowest BCUT2D eigenvalue weighted by Gasteiger charge is -2.26. The van der Waals surface area contributed by atoms with E-state index in [0.717, 1.165) is 25.7 Å². The first-order valence-electron chi connectivity index (χ1n) is 7.69. The number of unbranched alkanes of at least 4 members (excludes halogenated alkanes) is 6. The smallest absolute Gasteiger partial charge is 0.311 e. The standard InChI is InChI=1S/C16H32O2/c1-5-7-9-11-13-16(3,15(17)18-4)14-12-10-8-6-2/h5-14H2,1-4H3. The van der Waals surface area contributed by atoms with Gasteiger partial charge in [-0.05, 0) is 19.8 Å². The van der Waals surface area contributed by atoms with E-state index in [1.165, 1.54) is 45.6 Å². The lowest BCUT2D eigenvalue weighted by molar-refractivity contribution is -0.152. The van der Waals surface area contributed by atoms with Crippen LogP contribution < -0.4 is 0 Å². The van der Waals surface area contributed by atoms with Gasteiger partial charge in [0.1, 0.15) is 0 Å². The normalized spacial score (nSPS) is 11.6. The molecule has 2 heteroatoms. The third kappa shape index (κ3) is 7.03. The molecule has 0 aromatic heterocycles. The molecule has 2 nitrogen and oxygen atoms in total. The molecule has 0 aromatic carbocycles. The van der Waals surface area contributed by atoms with Crippen LogP contribution in [0.5, 0.6) is 0 Å². The van der Waals surface area contributed by atoms with E-state index in [1.807, 2.05) is 0 Å². The van der Waals surface area contributed by atoms with Crippen molar-refractivity contribution in [1.82, 2.24) is 0 Å². The number of hydrogen-bond donors (Lipinski definition) is 0. The van der Waals surface area contributed by atoms with Crippen LogP contribution in [0.3, 0.4) is 0 Å². The average molecular weight is 256 g/mol. The van der Waals surface area contributed by atoms with Crippen molar-refractivity contribution >= 4 is 5.97 Å². The number of esters is 1. The third-order valence-electron chi connectivity index (χ3n) is 3.84. The van der Waals surface area contributed by atoms with Crippen LogP contribution in [0.25, 0.3) is 0 Å². The van der Waals surface area contributed by atoms with E-state index < -0.39 is 0 Å². The van der Waals surface area contributed by atoms with Crippen LogP contribution in [0.1, 0.15) is 85.0 Å². The Bertz CT molecular complexity index is 199. The summed E-state index contributed by atoms with van der Waals surface area (Å²) >= 11 is 0. The number of hydrogen-bond acceptors (Lipinski definition) is 2. The predicted molar refractivity (Wildman–Crippen MR) is 77.6 cm³/mol. The molecular formula is C16H32O2. The first-order valence-corrected chi connectivity index (χ1v) is 7.69. The summed E-state index contributed by atoms with van der Waals surface area (Å²) in [5.74, 6) is -0.0181. The van der Waals surface area contributed by atoms with Crippen molar-refractivity contribution in [2.24, 2.45) is 5.41 Å². The number of methoxy groups -OCH3 is 1. The summed E-state index contributed by atoms with van der Waals surface area (Å²) in [6.45, 7) is 6.51. The maximum Gasteiger partial charge on any atom is 0.311 e. The molecule has 0 rings (SSSR count). The van der Waals surface area contributed by atoms with Crippen LogP contribution in [-0.4, -0.2) is 13.1 Å². The van der Waals surface area contributed by atoms with Crippen molar-refractivity contribution in [2.75, 3.05) is 7.11 Å². The Labute approximate surface area is 113 Å². The Balaban J connectivity index is 4.12. The van der Waals surface area contributed by atoms with Gasteiger partial charge < -0.3 is 4.74 Å². The highest BCUT2D eigenvalue weighted by Crippen LogP contribution is 2.32. The molecule has 0 N–H and O–H groups in total. The second-order valence-corrected chi connectivity index (χ2v) is 5.67. The number of rotatable bonds is 11. The van der Waals surface area contributed by atoms with E-state index in [4.69, 9.17) is 4.74 Å². The molecule has 0 radical (unpaired) electrons. The Morgan fingerprint density at radius 3 is 1.67 bits per heavy atom. The zero-order valence-electron chi connectivity index (χ0n) is 12.9. The first-order chi connectivity index (χ1) is 8.60. The largest absolute Gasteiger partial charge is 0.469 e. The molecule has 0 bridgehead atoms. The lowest BCUT2D eigenvalue weighted by Crippen LogP contribution is -2.29. The Kier molecular flexibility index (Phi) is 10.1. The summed E-state index contributed by atoms with van der Waals surface area (Å²) in [5.41, 5.74) is -0.254. The topological polar surface area (TPSA) is 26.3 Å². The highest BCUT2D eigenvalue weighted by Gasteiger charge is 2.32. The van der Waals surface area contributed by atoms with E-state index >= 15 is 0 Å². The molecule has 0 heterocycles. The summed E-state index contributed by atoms with van der Waals surface area (Å²) in [4.78, 5) is 11.9. The summed E-state index contributed by atoms with van der Waals surface area (Å²) in [6.07, 6.45) is 11.7. The lowest BCUT2D eigenvalue weighted by atomic mass is 9.80. The fraction of sp³-hybridized carbons (Fsp3) is 0.938.